The summed E-state index contributed by atoms with van der Waals surface area (Å²) >= 11 is 0. The number of aromatic nitrogens is 2. The number of hydrogen-bond donors (Lipinski definition) is 0. The van der Waals surface area contributed by atoms with Gasteiger partial charge in [-0.2, -0.15) is 43.2 Å². The van der Waals surface area contributed by atoms with Gasteiger partial charge in [0, 0.05) is 6.92 Å². The van der Waals surface area contributed by atoms with E-state index in [4.69, 9.17) is 0 Å². The van der Waals surface area contributed by atoms with Crippen molar-refractivity contribution in [2.24, 2.45) is 7.05 Å². The van der Waals surface area contributed by atoms with E-state index >= 15 is 0 Å². The van der Waals surface area contributed by atoms with E-state index in [2.05, 4.69) is 9.47 Å². The first-order valence-corrected chi connectivity index (χ1v) is 10.1. The molecule has 0 saturated carbocycles. The SMILES string of the molecule is COC(=O)[C@@](C)(C(OC)=[N+](S(=O)(=O)C(F)(F)F)S(=O)(=O)C(F)(F)F)n1cc[n+](C)c1. The minimum absolute atomic E-state index is 0.380. The summed E-state index contributed by atoms with van der Waals surface area (Å²) in [6, 6.07) is 0. The van der Waals surface area contributed by atoms with Gasteiger partial charge >= 0.3 is 48.5 Å². The number of esters is 1. The van der Waals surface area contributed by atoms with Crippen LogP contribution in [-0.4, -0.2) is 61.9 Å². The maximum atomic E-state index is 13.1. The van der Waals surface area contributed by atoms with E-state index in [0.29, 0.717) is 25.7 Å². The van der Waals surface area contributed by atoms with Crippen LogP contribution in [0.2, 0.25) is 0 Å². The minimum atomic E-state index is -7.28. The first-order valence-electron chi connectivity index (χ1n) is 7.26. The van der Waals surface area contributed by atoms with Crippen LogP contribution in [-0.2, 0) is 46.9 Å². The van der Waals surface area contributed by atoms with Crippen molar-refractivity contribution < 1.29 is 65.4 Å². The molecule has 0 spiro atoms. The normalized spacial score (nSPS) is 15.3. The Labute approximate surface area is 166 Å². The van der Waals surface area contributed by atoms with E-state index in [1.165, 1.54) is 7.05 Å². The van der Waals surface area contributed by atoms with E-state index in [0.717, 1.165) is 23.3 Å². The van der Waals surface area contributed by atoms with Crippen molar-refractivity contribution in [3.63, 3.8) is 0 Å². The molecule has 0 aromatic carbocycles. The van der Waals surface area contributed by atoms with Crippen LogP contribution in [0.25, 0.3) is 0 Å². The molecule has 1 atom stereocenters. The zero-order valence-corrected chi connectivity index (χ0v) is 17.1. The number of ether oxygens (including phenoxy) is 2. The zero-order valence-electron chi connectivity index (χ0n) is 15.5. The predicted molar refractivity (Wildman–Crippen MR) is 83.5 cm³/mol. The molecule has 0 aliphatic heterocycles. The molecule has 0 radical (unpaired) electrons. The molecule has 1 heterocycles. The largest absolute Gasteiger partial charge is 0.561 e. The third-order valence-electron chi connectivity index (χ3n) is 3.67. The van der Waals surface area contributed by atoms with Crippen LogP contribution in [0.3, 0.4) is 0 Å². The van der Waals surface area contributed by atoms with Crippen molar-refractivity contribution in [2.45, 2.75) is 23.5 Å². The summed E-state index contributed by atoms with van der Waals surface area (Å²) < 4.78 is 135. The molecular weight excluding hydrogens is 476 g/mol. The van der Waals surface area contributed by atoms with E-state index < -0.39 is 51.9 Å². The fraction of sp³-hybridized carbons (Fsp3) is 0.583. The monoisotopic (exact) mass is 491 g/mol. The van der Waals surface area contributed by atoms with E-state index in [1.807, 2.05) is 0 Å². The average molecular weight is 491 g/mol. The quantitative estimate of drug-likeness (QED) is 0.187. The lowest BCUT2D eigenvalue weighted by atomic mass is 10.0. The van der Waals surface area contributed by atoms with Gasteiger partial charge in [-0.05, 0) is 0 Å². The number of carbonyl (C=O) groups is 1. The standard InChI is InChI=1S/C12H15F6N3O7S2/c1-10(9(22)28-4,20-6-5-19(2)7-20)8(27-3)21(29(23,24)11(13,14)15)30(25,26)12(16,17)18/h5-7H,1-4H3/q+2/t10-/m1/s1. The lowest BCUT2D eigenvalue weighted by Gasteiger charge is -2.22. The third kappa shape index (κ3) is 3.96. The Kier molecular flexibility index (Phi) is 6.60. The van der Waals surface area contributed by atoms with Crippen LogP contribution in [0, 0.1) is 0 Å². The van der Waals surface area contributed by atoms with Crippen molar-refractivity contribution in [2.75, 3.05) is 14.2 Å². The molecule has 0 N–H and O–H groups in total. The summed E-state index contributed by atoms with van der Waals surface area (Å²) in [5, 5.41) is 0. The van der Waals surface area contributed by atoms with Crippen molar-refractivity contribution >= 4 is 31.9 Å². The third-order valence-corrected chi connectivity index (χ3v) is 7.22. The molecule has 0 amide bonds. The van der Waals surface area contributed by atoms with Gasteiger partial charge in [-0.15, -0.1) is 0 Å². The van der Waals surface area contributed by atoms with Crippen LogP contribution in [0.5, 0.6) is 0 Å². The maximum absolute atomic E-state index is 13.1. The highest BCUT2D eigenvalue weighted by atomic mass is 32.3. The number of carbonyl (C=O) groups excluding carboxylic acids is 1. The van der Waals surface area contributed by atoms with Gasteiger partial charge in [0.15, 0.2) is 0 Å². The Bertz CT molecular complexity index is 1030. The van der Waals surface area contributed by atoms with Crippen molar-refractivity contribution in [1.82, 2.24) is 4.57 Å². The summed E-state index contributed by atoms with van der Waals surface area (Å²) in [6.07, 6.45) is 3.01. The fourth-order valence-corrected chi connectivity index (χ4v) is 5.06. The lowest BCUT2D eigenvalue weighted by molar-refractivity contribution is -0.671. The first kappa shape index (κ1) is 25.7. The Hall–Kier alpha value is -2.37. The number of alkyl halides is 6. The van der Waals surface area contributed by atoms with Gasteiger partial charge in [0.1, 0.15) is 12.4 Å². The second kappa shape index (κ2) is 7.71. The van der Waals surface area contributed by atoms with Gasteiger partial charge in [-0.3, -0.25) is 0 Å². The Morgan fingerprint density at radius 3 is 1.67 bits per heavy atom. The highest BCUT2D eigenvalue weighted by Gasteiger charge is 2.72. The Balaban J connectivity index is 4.37. The van der Waals surface area contributed by atoms with Crippen LogP contribution >= 0.6 is 0 Å². The number of methoxy groups -OCH3 is 2. The lowest BCUT2D eigenvalue weighted by Crippen LogP contribution is -2.56. The molecule has 172 valence electrons. The Morgan fingerprint density at radius 1 is 0.967 bits per heavy atom. The van der Waals surface area contributed by atoms with Crippen LogP contribution in [0.4, 0.5) is 26.3 Å². The molecule has 30 heavy (non-hydrogen) atoms. The van der Waals surface area contributed by atoms with Gasteiger partial charge in [-0.25, -0.2) is 13.9 Å². The van der Waals surface area contributed by atoms with Crippen LogP contribution < -0.4 is 4.57 Å². The number of halogens is 6. The Morgan fingerprint density at radius 2 is 1.40 bits per heavy atom. The molecule has 0 fully saturated rings. The van der Waals surface area contributed by atoms with Crippen molar-refractivity contribution in [3.8, 4) is 0 Å². The van der Waals surface area contributed by atoms with Crippen LogP contribution in [0.15, 0.2) is 18.7 Å². The van der Waals surface area contributed by atoms with Gasteiger partial charge in [0.05, 0.1) is 24.7 Å². The van der Waals surface area contributed by atoms with Crippen molar-refractivity contribution in [3.05, 3.63) is 18.7 Å². The van der Waals surface area contributed by atoms with Crippen molar-refractivity contribution in [1.29, 1.82) is 0 Å². The molecule has 10 nitrogen and oxygen atoms in total. The van der Waals surface area contributed by atoms with Gasteiger partial charge in [-0.1, -0.05) is 0 Å². The smallest absolute Gasteiger partial charge is 0.465 e. The summed E-state index contributed by atoms with van der Waals surface area (Å²) in [5.74, 6) is -3.70. The summed E-state index contributed by atoms with van der Waals surface area (Å²) in [4.78, 5) is 12.4. The number of imidazole rings is 1. The molecule has 0 bridgehead atoms. The molecule has 1 aromatic rings. The van der Waals surface area contributed by atoms with Gasteiger partial charge < -0.3 is 9.47 Å². The summed E-state index contributed by atoms with van der Waals surface area (Å²) in [6.45, 7) is 0.600. The molecular formula is C12H15F6N3O7S2+2. The molecule has 1 rings (SSSR count). The zero-order chi connectivity index (χ0) is 23.9. The van der Waals surface area contributed by atoms with Gasteiger partial charge in [0.25, 0.3) is 0 Å². The second-order valence-corrected chi connectivity index (χ2v) is 9.45. The molecule has 1 aromatic heterocycles. The summed E-state index contributed by atoms with van der Waals surface area (Å²) in [5.41, 5.74) is -16.0. The number of rotatable bonds is 5. The summed E-state index contributed by atoms with van der Waals surface area (Å²) in [7, 11) is -12.2. The molecule has 0 unspecified atom stereocenters. The topological polar surface area (TPSA) is 116 Å². The molecule has 0 aliphatic carbocycles. The van der Waals surface area contributed by atoms with E-state index in [9.17, 15) is 48.0 Å². The molecule has 0 saturated heterocycles. The minimum Gasteiger partial charge on any atom is -0.465 e. The first-order chi connectivity index (χ1) is 13.3. The average Bonchev–Trinajstić information content (AvgIpc) is 3.02. The highest BCUT2D eigenvalue weighted by Crippen LogP contribution is 2.35. The number of nitrogens with zero attached hydrogens (tertiary/aromatic N) is 3. The number of sulfonamides is 2. The molecule has 18 heteroatoms. The van der Waals surface area contributed by atoms with E-state index in [1.54, 1.807) is 0 Å². The van der Waals surface area contributed by atoms with Crippen LogP contribution in [0.1, 0.15) is 6.92 Å². The fourth-order valence-electron chi connectivity index (χ4n) is 2.20. The number of hydrogen-bond acceptors (Lipinski definition) is 7. The predicted octanol–water partition coefficient (Wildman–Crippen LogP) is -0.0426. The highest BCUT2D eigenvalue weighted by molar-refractivity contribution is 7.98. The number of aryl methyl sites for hydroxylation is 1. The second-order valence-electron chi connectivity index (χ2n) is 5.66. The maximum Gasteiger partial charge on any atom is 0.561 e. The van der Waals surface area contributed by atoms with E-state index in [-0.39, 0.29) is 0 Å². The molecule has 0 aliphatic rings. The van der Waals surface area contributed by atoms with Gasteiger partial charge in [0.2, 0.25) is 6.33 Å².